The van der Waals surface area contributed by atoms with Crippen molar-refractivity contribution in [3.63, 3.8) is 0 Å². The van der Waals surface area contributed by atoms with Gasteiger partial charge in [-0.15, -0.1) is 0 Å². The molecular formula is C26H27N3O6. The van der Waals surface area contributed by atoms with Crippen LogP contribution in [0.15, 0.2) is 36.4 Å². The maximum atomic E-state index is 12.8. The number of carbonyl (C=O) groups excluding carboxylic acids is 1. The molecule has 0 unspecified atom stereocenters. The summed E-state index contributed by atoms with van der Waals surface area (Å²) in [6.07, 6.45) is 3.43. The van der Waals surface area contributed by atoms with E-state index in [0.29, 0.717) is 57.3 Å². The molecule has 1 amide bonds. The number of hydrogen-bond donors (Lipinski definition) is 3. The van der Waals surface area contributed by atoms with Gasteiger partial charge >= 0.3 is 5.97 Å². The van der Waals surface area contributed by atoms with Crippen molar-refractivity contribution < 1.29 is 24.4 Å². The van der Waals surface area contributed by atoms with Crippen molar-refractivity contribution in [2.24, 2.45) is 5.92 Å². The van der Waals surface area contributed by atoms with E-state index in [1.54, 1.807) is 38.1 Å². The van der Waals surface area contributed by atoms with Crippen LogP contribution in [0.3, 0.4) is 0 Å². The van der Waals surface area contributed by atoms with Gasteiger partial charge in [0.2, 0.25) is 0 Å². The third-order valence-electron chi connectivity index (χ3n) is 6.60. The lowest BCUT2D eigenvalue weighted by molar-refractivity contribution is -0.384. The summed E-state index contributed by atoms with van der Waals surface area (Å²) < 4.78 is 5.50. The summed E-state index contributed by atoms with van der Waals surface area (Å²) in [5, 5.41) is 24.0. The number of carboxylic acids is 1. The molecule has 1 aromatic heterocycles. The number of carbonyl (C=O) groups is 2. The number of nitrogens with zero attached hydrogens (tertiary/aromatic N) is 1. The van der Waals surface area contributed by atoms with Gasteiger partial charge in [-0.2, -0.15) is 0 Å². The summed E-state index contributed by atoms with van der Waals surface area (Å²) in [5.74, 6) is -0.543. The lowest BCUT2D eigenvalue weighted by Crippen LogP contribution is -2.32. The molecule has 0 saturated heterocycles. The number of nitrogens with one attached hydrogen (secondary N) is 2. The first kappa shape index (κ1) is 24.0. The number of rotatable bonds is 8. The molecule has 2 aromatic carbocycles. The third-order valence-corrected chi connectivity index (χ3v) is 6.60. The Morgan fingerprint density at radius 3 is 2.49 bits per heavy atom. The number of aryl methyl sites for hydroxylation is 2. The van der Waals surface area contributed by atoms with E-state index in [-0.39, 0.29) is 17.3 Å². The topological polar surface area (TPSA) is 135 Å². The van der Waals surface area contributed by atoms with Crippen LogP contribution in [0.2, 0.25) is 0 Å². The Kier molecular flexibility index (Phi) is 6.59. The number of hydrogen-bond acceptors (Lipinski definition) is 5. The molecule has 1 heterocycles. The summed E-state index contributed by atoms with van der Waals surface area (Å²) in [4.78, 5) is 38.5. The van der Waals surface area contributed by atoms with E-state index in [0.717, 1.165) is 12.8 Å². The van der Waals surface area contributed by atoms with Crippen molar-refractivity contribution >= 4 is 17.6 Å². The molecule has 35 heavy (non-hydrogen) atoms. The quantitative estimate of drug-likeness (QED) is 0.305. The van der Waals surface area contributed by atoms with Crippen LogP contribution < -0.4 is 10.1 Å². The van der Waals surface area contributed by atoms with Crippen LogP contribution in [0.1, 0.15) is 51.4 Å². The summed E-state index contributed by atoms with van der Waals surface area (Å²) in [7, 11) is 1.46. The first-order chi connectivity index (χ1) is 16.7. The van der Waals surface area contributed by atoms with Crippen LogP contribution in [0.4, 0.5) is 5.69 Å². The number of nitro groups is 1. The number of aromatic amines is 1. The Bertz CT molecular complexity index is 1320. The Morgan fingerprint density at radius 1 is 1.17 bits per heavy atom. The molecule has 1 saturated carbocycles. The van der Waals surface area contributed by atoms with E-state index in [4.69, 9.17) is 4.74 Å². The molecule has 4 rings (SSSR count). The standard InChI is InChI=1S/C26H27N3O6/c1-14-11-18(29(33)34)8-10-19(14)22-15(2)28-24(26(31)32)23(22)17-7-9-20(21(12-17)35-3)25(30)27-13-16-5-4-6-16/h7-12,16,28H,4-6,13H2,1-3H3,(H,27,30)(H,31,32). The fraction of sp³-hybridized carbons (Fsp3) is 0.308. The van der Waals surface area contributed by atoms with Crippen LogP contribution in [0.25, 0.3) is 22.3 Å². The number of ether oxygens (including phenoxy) is 1. The summed E-state index contributed by atoms with van der Waals surface area (Å²) in [6, 6.07) is 9.46. The molecule has 0 aliphatic heterocycles. The Balaban J connectivity index is 1.80. The van der Waals surface area contributed by atoms with Gasteiger partial charge < -0.3 is 20.1 Å². The highest BCUT2D eigenvalue weighted by Crippen LogP contribution is 2.41. The van der Waals surface area contributed by atoms with Crippen LogP contribution in [-0.2, 0) is 0 Å². The highest BCUT2D eigenvalue weighted by atomic mass is 16.6. The number of aromatic nitrogens is 1. The minimum absolute atomic E-state index is 0.0144. The fourth-order valence-corrected chi connectivity index (χ4v) is 4.52. The SMILES string of the molecule is COc1cc(-c2c(C(=O)O)[nH]c(C)c2-c2ccc([N+](=O)[O-])cc2C)ccc1C(=O)NCC1CCC1. The summed E-state index contributed by atoms with van der Waals surface area (Å²) >= 11 is 0. The number of non-ortho nitro benzene ring substituents is 1. The van der Waals surface area contributed by atoms with Gasteiger partial charge in [0.15, 0.2) is 0 Å². The number of nitro benzene ring substituents is 1. The van der Waals surface area contributed by atoms with Gasteiger partial charge in [-0.1, -0.05) is 12.5 Å². The van der Waals surface area contributed by atoms with Gasteiger partial charge in [0.05, 0.1) is 17.6 Å². The number of H-pyrrole nitrogens is 1. The molecular weight excluding hydrogens is 450 g/mol. The molecule has 1 aliphatic rings. The average molecular weight is 478 g/mol. The molecule has 3 N–H and O–H groups in total. The molecule has 0 bridgehead atoms. The lowest BCUT2D eigenvalue weighted by atomic mass is 9.85. The number of aromatic carboxylic acids is 1. The van der Waals surface area contributed by atoms with Crippen molar-refractivity contribution in [3.05, 3.63) is 69.0 Å². The normalized spacial score (nSPS) is 13.2. The smallest absolute Gasteiger partial charge is 0.352 e. The second-order valence-electron chi connectivity index (χ2n) is 8.86. The predicted octanol–water partition coefficient (Wildman–Crippen LogP) is 5.11. The molecule has 0 radical (unpaired) electrons. The van der Waals surface area contributed by atoms with Gasteiger partial charge in [-0.05, 0) is 67.5 Å². The lowest BCUT2D eigenvalue weighted by Gasteiger charge is -2.25. The van der Waals surface area contributed by atoms with Crippen LogP contribution >= 0.6 is 0 Å². The molecule has 9 nitrogen and oxygen atoms in total. The van der Waals surface area contributed by atoms with Gasteiger partial charge in [-0.3, -0.25) is 14.9 Å². The fourth-order valence-electron chi connectivity index (χ4n) is 4.52. The minimum Gasteiger partial charge on any atom is -0.496 e. The van der Waals surface area contributed by atoms with E-state index >= 15 is 0 Å². The van der Waals surface area contributed by atoms with E-state index in [9.17, 15) is 24.8 Å². The van der Waals surface area contributed by atoms with E-state index in [1.807, 2.05) is 0 Å². The van der Waals surface area contributed by atoms with E-state index in [1.165, 1.54) is 25.7 Å². The monoisotopic (exact) mass is 477 g/mol. The second kappa shape index (κ2) is 9.61. The average Bonchev–Trinajstić information content (AvgIpc) is 3.14. The molecule has 182 valence electrons. The number of amides is 1. The Morgan fingerprint density at radius 2 is 1.91 bits per heavy atom. The van der Waals surface area contributed by atoms with Crippen molar-refractivity contribution in [2.45, 2.75) is 33.1 Å². The first-order valence-corrected chi connectivity index (χ1v) is 11.4. The number of carboxylic acid groups (broad SMARTS) is 1. The molecule has 9 heteroatoms. The largest absolute Gasteiger partial charge is 0.496 e. The maximum Gasteiger partial charge on any atom is 0.352 e. The zero-order chi connectivity index (χ0) is 25.3. The van der Waals surface area contributed by atoms with Crippen LogP contribution in [-0.4, -0.2) is 40.5 Å². The van der Waals surface area contributed by atoms with Crippen molar-refractivity contribution in [3.8, 4) is 28.0 Å². The molecule has 1 fully saturated rings. The zero-order valence-corrected chi connectivity index (χ0v) is 19.8. The molecule has 1 aliphatic carbocycles. The Hall–Kier alpha value is -4.14. The summed E-state index contributed by atoms with van der Waals surface area (Å²) in [5.41, 5.74) is 3.82. The summed E-state index contributed by atoms with van der Waals surface area (Å²) in [6.45, 7) is 4.12. The first-order valence-electron chi connectivity index (χ1n) is 11.4. The van der Waals surface area contributed by atoms with E-state index in [2.05, 4.69) is 10.3 Å². The molecule has 3 aromatic rings. The maximum absolute atomic E-state index is 12.8. The molecule has 0 spiro atoms. The van der Waals surface area contributed by atoms with Crippen molar-refractivity contribution in [1.29, 1.82) is 0 Å². The van der Waals surface area contributed by atoms with Crippen LogP contribution in [0, 0.1) is 29.9 Å². The van der Waals surface area contributed by atoms with E-state index < -0.39 is 10.9 Å². The van der Waals surface area contributed by atoms with Gasteiger partial charge in [0.25, 0.3) is 11.6 Å². The van der Waals surface area contributed by atoms with Crippen LogP contribution in [0.5, 0.6) is 5.75 Å². The van der Waals surface area contributed by atoms with Gasteiger partial charge in [-0.25, -0.2) is 4.79 Å². The number of methoxy groups -OCH3 is 1. The second-order valence-corrected chi connectivity index (χ2v) is 8.86. The third kappa shape index (κ3) is 4.62. The van der Waals surface area contributed by atoms with Gasteiger partial charge in [0.1, 0.15) is 11.4 Å². The number of benzene rings is 2. The van der Waals surface area contributed by atoms with Gasteiger partial charge in [0, 0.05) is 35.5 Å². The Labute approximate surface area is 202 Å². The minimum atomic E-state index is -1.14. The van der Waals surface area contributed by atoms with Crippen molar-refractivity contribution in [2.75, 3.05) is 13.7 Å². The van der Waals surface area contributed by atoms with Crippen molar-refractivity contribution in [1.82, 2.24) is 10.3 Å². The predicted molar refractivity (Wildman–Crippen MR) is 131 cm³/mol. The highest BCUT2D eigenvalue weighted by molar-refractivity contribution is 6.03. The highest BCUT2D eigenvalue weighted by Gasteiger charge is 2.26. The molecule has 0 atom stereocenters. The zero-order valence-electron chi connectivity index (χ0n) is 19.8.